The van der Waals surface area contributed by atoms with Gasteiger partial charge in [-0.25, -0.2) is 0 Å². The van der Waals surface area contributed by atoms with Crippen LogP contribution in [0.15, 0.2) is 4.99 Å². The molecule has 0 fully saturated rings. The molecule has 0 saturated carbocycles. The third-order valence-electron chi connectivity index (χ3n) is 4.60. The molecule has 0 atom stereocenters. The first kappa shape index (κ1) is 28.1. The van der Waals surface area contributed by atoms with Gasteiger partial charge >= 0.3 is 0 Å². The van der Waals surface area contributed by atoms with E-state index < -0.39 is 0 Å². The van der Waals surface area contributed by atoms with Gasteiger partial charge in [0.2, 0.25) is 0 Å². The van der Waals surface area contributed by atoms with Crippen molar-refractivity contribution in [2.75, 3.05) is 45.8 Å². The lowest BCUT2D eigenvalue weighted by Crippen LogP contribution is -2.39. The Kier molecular flexibility index (Phi) is 19.8. The first-order valence-corrected chi connectivity index (χ1v) is 10.5. The molecule has 0 aromatic rings. The zero-order valence-electron chi connectivity index (χ0n) is 18.5. The van der Waals surface area contributed by atoms with Crippen LogP contribution in [0.3, 0.4) is 0 Å². The average Bonchev–Trinajstić information content (AvgIpc) is 2.57. The van der Waals surface area contributed by atoms with Crippen LogP contribution in [0.2, 0.25) is 0 Å². The van der Waals surface area contributed by atoms with Gasteiger partial charge in [0, 0.05) is 38.3 Å². The number of hydrogen-bond acceptors (Lipinski definition) is 3. The van der Waals surface area contributed by atoms with Crippen molar-refractivity contribution in [2.24, 2.45) is 4.99 Å². The molecule has 0 saturated heterocycles. The molecule has 0 aliphatic heterocycles. The Bertz CT molecular complexity index is 322. The molecule has 6 heteroatoms. The summed E-state index contributed by atoms with van der Waals surface area (Å²) >= 11 is 0. The molecule has 5 nitrogen and oxygen atoms in total. The fraction of sp³-hybridized carbons (Fsp3) is 0.950. The van der Waals surface area contributed by atoms with E-state index in [1.54, 1.807) is 0 Å². The van der Waals surface area contributed by atoms with Crippen LogP contribution in [0.25, 0.3) is 0 Å². The molecule has 0 aliphatic rings. The smallest absolute Gasteiger partial charge is 0.191 e. The highest BCUT2D eigenvalue weighted by atomic mass is 127. The predicted octanol–water partition coefficient (Wildman–Crippen LogP) is 3.79. The number of unbranched alkanes of at least 4 members (excludes halogenated alkanes) is 1. The molecular formula is C20H46IN5. The Morgan fingerprint density at radius 1 is 0.846 bits per heavy atom. The molecule has 0 bridgehead atoms. The first-order chi connectivity index (χ1) is 12.0. The Morgan fingerprint density at radius 2 is 1.46 bits per heavy atom. The maximum absolute atomic E-state index is 4.73. The van der Waals surface area contributed by atoms with Gasteiger partial charge in [0.25, 0.3) is 0 Å². The Hall–Kier alpha value is -0.0800. The Balaban J connectivity index is 0. The SMILES string of the molecule is CCNC(=NCCCN(C(C)C)C(C)C)NCCCCN(CC)CC.I. The van der Waals surface area contributed by atoms with Crippen molar-refractivity contribution < 1.29 is 0 Å². The standard InChI is InChI=1S/C20H45N5.HI/c1-8-21-20(22-14-11-12-16-24(9-2)10-3)23-15-13-17-25(18(4)5)19(6)7;/h18-19H,8-17H2,1-7H3,(H2,21,22,23);1H. The summed E-state index contributed by atoms with van der Waals surface area (Å²) in [7, 11) is 0. The molecule has 0 aliphatic carbocycles. The first-order valence-electron chi connectivity index (χ1n) is 10.5. The monoisotopic (exact) mass is 483 g/mol. The van der Waals surface area contributed by atoms with Gasteiger partial charge in [-0.3, -0.25) is 9.89 Å². The van der Waals surface area contributed by atoms with Crippen LogP contribution in [0.4, 0.5) is 0 Å². The predicted molar refractivity (Wildman–Crippen MR) is 128 cm³/mol. The fourth-order valence-electron chi connectivity index (χ4n) is 3.11. The molecule has 26 heavy (non-hydrogen) atoms. The van der Waals surface area contributed by atoms with E-state index >= 15 is 0 Å². The van der Waals surface area contributed by atoms with Crippen LogP contribution in [-0.2, 0) is 0 Å². The van der Waals surface area contributed by atoms with Crippen molar-refractivity contribution in [3.8, 4) is 0 Å². The average molecular weight is 484 g/mol. The minimum absolute atomic E-state index is 0. The summed E-state index contributed by atoms with van der Waals surface area (Å²) in [4.78, 5) is 9.74. The summed E-state index contributed by atoms with van der Waals surface area (Å²) in [5, 5.41) is 6.82. The molecule has 0 aromatic heterocycles. The molecule has 0 rings (SSSR count). The zero-order chi connectivity index (χ0) is 19.1. The molecular weight excluding hydrogens is 437 g/mol. The van der Waals surface area contributed by atoms with Gasteiger partial charge in [-0.15, -0.1) is 24.0 Å². The highest BCUT2D eigenvalue weighted by Gasteiger charge is 2.12. The van der Waals surface area contributed by atoms with Gasteiger partial charge in [0.15, 0.2) is 5.96 Å². The van der Waals surface area contributed by atoms with Gasteiger partial charge in [-0.2, -0.15) is 0 Å². The maximum atomic E-state index is 4.73. The summed E-state index contributed by atoms with van der Waals surface area (Å²) in [5.41, 5.74) is 0. The second-order valence-electron chi connectivity index (χ2n) is 7.20. The molecule has 0 unspecified atom stereocenters. The van der Waals surface area contributed by atoms with Crippen LogP contribution in [-0.4, -0.2) is 73.7 Å². The number of guanidine groups is 1. The Morgan fingerprint density at radius 3 is 1.96 bits per heavy atom. The topological polar surface area (TPSA) is 42.9 Å². The number of nitrogens with zero attached hydrogens (tertiary/aromatic N) is 3. The van der Waals surface area contributed by atoms with E-state index in [4.69, 9.17) is 4.99 Å². The normalized spacial score (nSPS) is 12.2. The summed E-state index contributed by atoms with van der Waals surface area (Å²) in [6.07, 6.45) is 3.54. The van der Waals surface area contributed by atoms with Crippen molar-refractivity contribution in [3.05, 3.63) is 0 Å². The van der Waals surface area contributed by atoms with Crippen molar-refractivity contribution in [1.82, 2.24) is 20.4 Å². The molecule has 0 aromatic carbocycles. The second-order valence-corrected chi connectivity index (χ2v) is 7.20. The fourth-order valence-corrected chi connectivity index (χ4v) is 3.11. The zero-order valence-corrected chi connectivity index (χ0v) is 20.8. The van der Waals surface area contributed by atoms with Crippen molar-refractivity contribution in [2.45, 2.75) is 79.8 Å². The van der Waals surface area contributed by atoms with E-state index in [1.807, 2.05) is 0 Å². The highest BCUT2D eigenvalue weighted by Crippen LogP contribution is 2.05. The minimum Gasteiger partial charge on any atom is -0.357 e. The Labute approximate surface area is 180 Å². The number of aliphatic imine (C=N–C) groups is 1. The molecule has 2 N–H and O–H groups in total. The van der Waals surface area contributed by atoms with Gasteiger partial charge in [-0.1, -0.05) is 13.8 Å². The van der Waals surface area contributed by atoms with Crippen LogP contribution in [0.5, 0.6) is 0 Å². The van der Waals surface area contributed by atoms with Crippen molar-refractivity contribution in [1.29, 1.82) is 0 Å². The number of hydrogen-bond donors (Lipinski definition) is 2. The maximum Gasteiger partial charge on any atom is 0.191 e. The summed E-state index contributed by atoms with van der Waals surface area (Å²) in [6.45, 7) is 23.1. The highest BCUT2D eigenvalue weighted by molar-refractivity contribution is 14.0. The lowest BCUT2D eigenvalue weighted by atomic mass is 10.2. The number of rotatable bonds is 14. The van der Waals surface area contributed by atoms with E-state index in [-0.39, 0.29) is 24.0 Å². The summed E-state index contributed by atoms with van der Waals surface area (Å²) in [6, 6.07) is 1.20. The number of nitrogens with one attached hydrogen (secondary N) is 2. The number of halogens is 1. The molecule has 0 heterocycles. The van der Waals surface area contributed by atoms with E-state index in [1.165, 1.54) is 19.4 Å². The quantitative estimate of drug-likeness (QED) is 0.171. The van der Waals surface area contributed by atoms with E-state index in [0.717, 1.165) is 51.6 Å². The van der Waals surface area contributed by atoms with Gasteiger partial charge < -0.3 is 15.5 Å². The summed E-state index contributed by atoms with van der Waals surface area (Å²) < 4.78 is 0. The third-order valence-corrected chi connectivity index (χ3v) is 4.60. The second kappa shape index (κ2) is 18.3. The molecule has 0 spiro atoms. The minimum atomic E-state index is 0. The van der Waals surface area contributed by atoms with Crippen molar-refractivity contribution >= 4 is 29.9 Å². The third kappa shape index (κ3) is 14.0. The van der Waals surface area contributed by atoms with Gasteiger partial charge in [0.1, 0.15) is 0 Å². The largest absolute Gasteiger partial charge is 0.357 e. The van der Waals surface area contributed by atoms with Crippen molar-refractivity contribution in [3.63, 3.8) is 0 Å². The van der Waals surface area contributed by atoms with Crippen LogP contribution in [0, 0.1) is 0 Å². The van der Waals surface area contributed by atoms with Gasteiger partial charge in [0.05, 0.1) is 0 Å². The molecule has 0 radical (unpaired) electrons. The van der Waals surface area contributed by atoms with Crippen LogP contribution >= 0.6 is 24.0 Å². The molecule has 158 valence electrons. The summed E-state index contributed by atoms with van der Waals surface area (Å²) in [5.74, 6) is 0.964. The van der Waals surface area contributed by atoms with E-state index in [0.29, 0.717) is 12.1 Å². The van der Waals surface area contributed by atoms with E-state index in [2.05, 4.69) is 68.9 Å². The van der Waals surface area contributed by atoms with E-state index in [9.17, 15) is 0 Å². The van der Waals surface area contributed by atoms with Crippen LogP contribution < -0.4 is 10.6 Å². The van der Waals surface area contributed by atoms with Crippen LogP contribution in [0.1, 0.15) is 67.7 Å². The van der Waals surface area contributed by atoms with Gasteiger partial charge in [-0.05, 0) is 73.5 Å². The molecule has 0 amide bonds. The lowest BCUT2D eigenvalue weighted by molar-refractivity contribution is 0.174. The lowest BCUT2D eigenvalue weighted by Gasteiger charge is -2.30.